The molecule has 0 bridgehead atoms. The van der Waals surface area contributed by atoms with Crippen LogP contribution in [0.3, 0.4) is 0 Å². The monoisotopic (exact) mass is 261 g/mol. The second-order valence-electron chi connectivity index (χ2n) is 4.34. The molecule has 0 saturated carbocycles. The summed E-state index contributed by atoms with van der Waals surface area (Å²) in [6.07, 6.45) is 1.99. The maximum absolute atomic E-state index is 11.5. The number of nitrogens with two attached hydrogens (primary N) is 1. The number of amides is 2. The van der Waals surface area contributed by atoms with E-state index in [0.29, 0.717) is 11.8 Å². The van der Waals surface area contributed by atoms with E-state index in [1.165, 1.54) is 0 Å². The average molecular weight is 261 g/mol. The minimum atomic E-state index is -0.562. The van der Waals surface area contributed by atoms with Gasteiger partial charge in [0.05, 0.1) is 12.6 Å². The van der Waals surface area contributed by atoms with Gasteiger partial charge in [0.2, 0.25) is 11.8 Å². The van der Waals surface area contributed by atoms with E-state index in [-0.39, 0.29) is 24.3 Å². The van der Waals surface area contributed by atoms with Gasteiger partial charge >= 0.3 is 0 Å². The molecule has 17 heavy (non-hydrogen) atoms. The fourth-order valence-electron chi connectivity index (χ4n) is 0.991. The van der Waals surface area contributed by atoms with Crippen LogP contribution in [0.2, 0.25) is 0 Å². The highest BCUT2D eigenvalue weighted by atomic mass is 32.2. The van der Waals surface area contributed by atoms with Gasteiger partial charge in [0.1, 0.15) is 0 Å². The summed E-state index contributed by atoms with van der Waals surface area (Å²) in [6, 6.07) is -0.562. The molecular formula is C11H23N3O2S. The van der Waals surface area contributed by atoms with Crippen molar-refractivity contribution in [1.82, 2.24) is 10.6 Å². The molecule has 0 aliphatic heterocycles. The van der Waals surface area contributed by atoms with Gasteiger partial charge in [-0.3, -0.25) is 9.59 Å². The van der Waals surface area contributed by atoms with Crippen molar-refractivity contribution in [3.05, 3.63) is 0 Å². The number of thioether (sulfide) groups is 1. The number of carbonyl (C=O) groups is 2. The summed E-state index contributed by atoms with van der Waals surface area (Å²) < 4.78 is 0. The Morgan fingerprint density at radius 2 is 1.82 bits per heavy atom. The van der Waals surface area contributed by atoms with E-state index in [4.69, 9.17) is 5.73 Å². The second kappa shape index (κ2) is 8.36. The van der Waals surface area contributed by atoms with Crippen LogP contribution in [0.4, 0.5) is 0 Å². The van der Waals surface area contributed by atoms with E-state index in [9.17, 15) is 9.59 Å². The van der Waals surface area contributed by atoms with E-state index < -0.39 is 6.04 Å². The first-order valence-electron chi connectivity index (χ1n) is 5.71. The fraction of sp³-hybridized carbons (Fsp3) is 0.818. The van der Waals surface area contributed by atoms with Crippen LogP contribution in [0.25, 0.3) is 0 Å². The first-order valence-corrected chi connectivity index (χ1v) is 7.00. The molecule has 0 fully saturated rings. The van der Waals surface area contributed by atoms with Crippen molar-refractivity contribution in [3.8, 4) is 0 Å². The van der Waals surface area contributed by atoms with E-state index in [1.807, 2.05) is 27.0 Å². The number of carbonyl (C=O) groups excluding carboxylic acids is 2. The van der Waals surface area contributed by atoms with Crippen LogP contribution >= 0.6 is 11.8 Å². The molecule has 2 atom stereocenters. The van der Waals surface area contributed by atoms with Gasteiger partial charge in [-0.1, -0.05) is 20.8 Å². The lowest BCUT2D eigenvalue weighted by Gasteiger charge is -2.15. The number of nitrogens with one attached hydrogen (secondary N) is 2. The smallest absolute Gasteiger partial charge is 0.239 e. The van der Waals surface area contributed by atoms with Crippen molar-refractivity contribution in [1.29, 1.82) is 0 Å². The van der Waals surface area contributed by atoms with Gasteiger partial charge in [-0.25, -0.2) is 0 Å². The van der Waals surface area contributed by atoms with Gasteiger partial charge in [0.25, 0.3) is 0 Å². The Morgan fingerprint density at radius 3 is 2.29 bits per heavy atom. The molecule has 2 amide bonds. The SMILES string of the molecule is CSC(C)CNC(=O)CNC(=O)[C@@H](N)C(C)C. The Labute approximate surface area is 107 Å². The molecule has 0 spiro atoms. The van der Waals surface area contributed by atoms with Crippen LogP contribution in [0.1, 0.15) is 20.8 Å². The lowest BCUT2D eigenvalue weighted by molar-refractivity contribution is -0.127. The first-order chi connectivity index (χ1) is 7.88. The molecular weight excluding hydrogens is 238 g/mol. The highest BCUT2D eigenvalue weighted by Gasteiger charge is 2.17. The Balaban J connectivity index is 3.81. The Hall–Kier alpha value is -0.750. The first kappa shape index (κ1) is 16.2. The van der Waals surface area contributed by atoms with Crippen LogP contribution in [0.5, 0.6) is 0 Å². The second-order valence-corrected chi connectivity index (χ2v) is 5.61. The third-order valence-electron chi connectivity index (χ3n) is 2.43. The topological polar surface area (TPSA) is 84.2 Å². The van der Waals surface area contributed by atoms with Crippen molar-refractivity contribution in [2.24, 2.45) is 11.7 Å². The average Bonchev–Trinajstić information content (AvgIpc) is 2.31. The summed E-state index contributed by atoms with van der Waals surface area (Å²) in [7, 11) is 0. The summed E-state index contributed by atoms with van der Waals surface area (Å²) in [6.45, 7) is 6.35. The highest BCUT2D eigenvalue weighted by Crippen LogP contribution is 2.02. The summed E-state index contributed by atoms with van der Waals surface area (Å²) >= 11 is 1.68. The van der Waals surface area contributed by atoms with Crippen molar-refractivity contribution in [2.75, 3.05) is 19.3 Å². The third kappa shape index (κ3) is 7.23. The van der Waals surface area contributed by atoms with E-state index in [2.05, 4.69) is 10.6 Å². The van der Waals surface area contributed by atoms with Crippen LogP contribution < -0.4 is 16.4 Å². The number of hydrogen-bond donors (Lipinski definition) is 3. The summed E-state index contributed by atoms with van der Waals surface area (Å²) in [5.74, 6) is -0.405. The fourth-order valence-corrected chi connectivity index (χ4v) is 1.24. The largest absolute Gasteiger partial charge is 0.353 e. The predicted octanol–water partition coefficient (Wildman–Crippen LogP) is -0.0464. The van der Waals surface area contributed by atoms with Crippen molar-refractivity contribution < 1.29 is 9.59 Å². The maximum atomic E-state index is 11.5. The van der Waals surface area contributed by atoms with Gasteiger partial charge in [0.15, 0.2) is 0 Å². The van der Waals surface area contributed by atoms with Crippen molar-refractivity contribution >= 4 is 23.6 Å². The van der Waals surface area contributed by atoms with Gasteiger partial charge in [-0.2, -0.15) is 11.8 Å². The summed E-state index contributed by atoms with van der Waals surface area (Å²) in [5.41, 5.74) is 5.64. The van der Waals surface area contributed by atoms with E-state index in [1.54, 1.807) is 11.8 Å². The molecule has 0 aliphatic carbocycles. The molecule has 0 rings (SSSR count). The van der Waals surface area contributed by atoms with Crippen molar-refractivity contribution in [2.45, 2.75) is 32.1 Å². The highest BCUT2D eigenvalue weighted by molar-refractivity contribution is 7.99. The third-order valence-corrected chi connectivity index (χ3v) is 3.40. The molecule has 0 aliphatic rings. The Morgan fingerprint density at radius 1 is 1.24 bits per heavy atom. The molecule has 0 heterocycles. The van der Waals surface area contributed by atoms with Gasteiger partial charge in [-0.05, 0) is 12.2 Å². The predicted molar refractivity (Wildman–Crippen MR) is 71.8 cm³/mol. The quantitative estimate of drug-likeness (QED) is 0.600. The van der Waals surface area contributed by atoms with Crippen LogP contribution in [-0.4, -0.2) is 42.5 Å². The minimum absolute atomic E-state index is 0.0135. The summed E-state index contributed by atoms with van der Waals surface area (Å²) in [5, 5.41) is 5.63. The number of rotatable bonds is 7. The molecule has 0 aromatic rings. The zero-order valence-corrected chi connectivity index (χ0v) is 11.8. The van der Waals surface area contributed by atoms with Crippen LogP contribution in [0, 0.1) is 5.92 Å². The molecule has 5 nitrogen and oxygen atoms in total. The van der Waals surface area contributed by atoms with Gasteiger partial charge in [-0.15, -0.1) is 0 Å². The Bertz CT molecular complexity index is 259. The summed E-state index contributed by atoms with van der Waals surface area (Å²) in [4.78, 5) is 22.8. The molecule has 1 unspecified atom stereocenters. The minimum Gasteiger partial charge on any atom is -0.353 e. The van der Waals surface area contributed by atoms with Gasteiger partial charge < -0.3 is 16.4 Å². The Kier molecular flexibility index (Phi) is 7.99. The van der Waals surface area contributed by atoms with Crippen LogP contribution in [0.15, 0.2) is 0 Å². The standard InChI is InChI=1S/C11H23N3O2S/c1-7(2)10(12)11(16)14-6-9(15)13-5-8(3)17-4/h7-8,10H,5-6,12H2,1-4H3,(H,13,15)(H,14,16)/t8?,10-/m0/s1. The molecule has 0 aromatic heterocycles. The molecule has 0 aromatic carbocycles. The molecule has 6 heteroatoms. The molecule has 0 saturated heterocycles. The maximum Gasteiger partial charge on any atom is 0.239 e. The zero-order chi connectivity index (χ0) is 13.4. The lowest BCUT2D eigenvalue weighted by atomic mass is 10.1. The van der Waals surface area contributed by atoms with E-state index >= 15 is 0 Å². The lowest BCUT2D eigenvalue weighted by Crippen LogP contribution is -2.47. The van der Waals surface area contributed by atoms with E-state index in [0.717, 1.165) is 0 Å². The zero-order valence-electron chi connectivity index (χ0n) is 10.9. The van der Waals surface area contributed by atoms with Crippen LogP contribution in [-0.2, 0) is 9.59 Å². The number of hydrogen-bond acceptors (Lipinski definition) is 4. The van der Waals surface area contributed by atoms with Gasteiger partial charge in [0, 0.05) is 11.8 Å². The normalized spacial score (nSPS) is 14.2. The molecule has 100 valence electrons. The van der Waals surface area contributed by atoms with Crippen molar-refractivity contribution in [3.63, 3.8) is 0 Å². The molecule has 0 radical (unpaired) electrons. The molecule has 4 N–H and O–H groups in total.